The van der Waals surface area contributed by atoms with E-state index in [0.717, 1.165) is 29.9 Å². The molecule has 1 fully saturated rings. The van der Waals surface area contributed by atoms with E-state index in [1.807, 2.05) is 12.1 Å². The normalized spacial score (nSPS) is 15.9. The van der Waals surface area contributed by atoms with E-state index < -0.39 is 0 Å². The van der Waals surface area contributed by atoms with Gasteiger partial charge in [0, 0.05) is 16.6 Å². The maximum Gasteiger partial charge on any atom is 0.265 e. The van der Waals surface area contributed by atoms with E-state index in [1.165, 1.54) is 19.3 Å². The molecule has 0 saturated heterocycles. The monoisotopic (exact) mass is 321 g/mol. The maximum atomic E-state index is 12.4. The summed E-state index contributed by atoms with van der Waals surface area (Å²) in [5.74, 6) is -0.0677. The summed E-state index contributed by atoms with van der Waals surface area (Å²) in [5, 5.41) is 7.87. The van der Waals surface area contributed by atoms with E-state index in [9.17, 15) is 4.79 Å². The van der Waals surface area contributed by atoms with Crippen molar-refractivity contribution < 1.29 is 4.79 Å². The number of benzene rings is 1. The van der Waals surface area contributed by atoms with Gasteiger partial charge in [-0.2, -0.15) is 0 Å². The van der Waals surface area contributed by atoms with Crippen LogP contribution in [0.2, 0.25) is 5.02 Å². The number of hydrogen-bond acceptors (Lipinski definition) is 4. The summed E-state index contributed by atoms with van der Waals surface area (Å²) in [5.41, 5.74) is 1.49. The molecule has 0 radical (unpaired) electrons. The topological polar surface area (TPSA) is 54.9 Å². The van der Waals surface area contributed by atoms with Crippen molar-refractivity contribution >= 4 is 29.0 Å². The molecule has 1 aromatic carbocycles. The minimum atomic E-state index is -0.0677. The first-order chi connectivity index (χ1) is 10.2. The van der Waals surface area contributed by atoms with E-state index in [0.29, 0.717) is 15.6 Å². The van der Waals surface area contributed by atoms with Gasteiger partial charge in [-0.05, 0) is 36.5 Å². The summed E-state index contributed by atoms with van der Waals surface area (Å²) >= 11 is 7.03. The Morgan fingerprint density at radius 1 is 1.19 bits per heavy atom. The fourth-order valence-corrected chi connectivity index (χ4v) is 3.35. The van der Waals surface area contributed by atoms with Crippen molar-refractivity contribution in [2.45, 2.75) is 38.1 Å². The second-order valence-corrected chi connectivity index (χ2v) is 6.46. The lowest BCUT2D eigenvalue weighted by molar-refractivity contribution is 0.0932. The Bertz CT molecular complexity index is 620. The smallest absolute Gasteiger partial charge is 0.265 e. The Labute approximate surface area is 132 Å². The van der Waals surface area contributed by atoms with E-state index in [-0.39, 0.29) is 11.9 Å². The molecule has 0 unspecified atom stereocenters. The molecule has 1 heterocycles. The average molecular weight is 322 g/mol. The molecule has 0 bridgehead atoms. The first kappa shape index (κ1) is 14.5. The van der Waals surface area contributed by atoms with Gasteiger partial charge in [-0.3, -0.25) is 4.79 Å². The molecule has 21 heavy (non-hydrogen) atoms. The molecule has 1 aliphatic carbocycles. The van der Waals surface area contributed by atoms with Crippen LogP contribution in [0, 0.1) is 0 Å². The highest BCUT2D eigenvalue weighted by molar-refractivity contribution is 7.08. The van der Waals surface area contributed by atoms with Crippen LogP contribution in [0.15, 0.2) is 24.3 Å². The summed E-state index contributed by atoms with van der Waals surface area (Å²) in [6, 6.07) is 7.58. The van der Waals surface area contributed by atoms with E-state index >= 15 is 0 Å². The molecule has 1 saturated carbocycles. The van der Waals surface area contributed by atoms with Gasteiger partial charge in [0.05, 0.1) is 0 Å². The Morgan fingerprint density at radius 2 is 1.90 bits per heavy atom. The molecule has 0 atom stereocenters. The summed E-state index contributed by atoms with van der Waals surface area (Å²) in [6.45, 7) is 0. The van der Waals surface area contributed by atoms with Gasteiger partial charge in [0.25, 0.3) is 5.91 Å². The molecule has 0 aliphatic heterocycles. The van der Waals surface area contributed by atoms with Crippen molar-refractivity contribution in [3.8, 4) is 11.3 Å². The lowest BCUT2D eigenvalue weighted by Gasteiger charge is -2.22. The lowest BCUT2D eigenvalue weighted by Crippen LogP contribution is -2.36. The van der Waals surface area contributed by atoms with Gasteiger partial charge in [-0.1, -0.05) is 47.5 Å². The van der Waals surface area contributed by atoms with Crippen LogP contribution < -0.4 is 5.32 Å². The van der Waals surface area contributed by atoms with E-state index in [1.54, 1.807) is 12.1 Å². The van der Waals surface area contributed by atoms with Gasteiger partial charge in [-0.15, -0.1) is 5.10 Å². The van der Waals surface area contributed by atoms with E-state index in [4.69, 9.17) is 11.6 Å². The van der Waals surface area contributed by atoms with Gasteiger partial charge < -0.3 is 5.32 Å². The van der Waals surface area contributed by atoms with Crippen molar-refractivity contribution in [3.05, 3.63) is 34.2 Å². The Balaban J connectivity index is 1.78. The van der Waals surface area contributed by atoms with Crippen LogP contribution in [0.5, 0.6) is 0 Å². The first-order valence-corrected chi connectivity index (χ1v) is 8.28. The Kier molecular flexibility index (Phi) is 4.51. The van der Waals surface area contributed by atoms with Gasteiger partial charge in [0.2, 0.25) is 0 Å². The minimum absolute atomic E-state index is 0.0677. The van der Waals surface area contributed by atoms with Crippen molar-refractivity contribution in [1.82, 2.24) is 14.9 Å². The van der Waals surface area contributed by atoms with Crippen LogP contribution in [0.25, 0.3) is 11.3 Å². The third-order valence-electron chi connectivity index (χ3n) is 3.75. The van der Waals surface area contributed by atoms with Crippen molar-refractivity contribution in [2.24, 2.45) is 0 Å². The summed E-state index contributed by atoms with van der Waals surface area (Å²) in [7, 11) is 0. The largest absolute Gasteiger partial charge is 0.348 e. The number of aromatic nitrogens is 2. The molecular weight excluding hydrogens is 306 g/mol. The van der Waals surface area contributed by atoms with Crippen LogP contribution in [-0.2, 0) is 0 Å². The zero-order valence-corrected chi connectivity index (χ0v) is 13.1. The van der Waals surface area contributed by atoms with Gasteiger partial charge >= 0.3 is 0 Å². The summed E-state index contributed by atoms with van der Waals surface area (Å²) in [4.78, 5) is 13.0. The highest BCUT2D eigenvalue weighted by Crippen LogP contribution is 2.26. The number of amides is 1. The lowest BCUT2D eigenvalue weighted by atomic mass is 9.95. The molecule has 3 rings (SSSR count). The molecule has 1 aromatic heterocycles. The molecule has 0 spiro atoms. The summed E-state index contributed by atoms with van der Waals surface area (Å²) < 4.78 is 3.93. The summed E-state index contributed by atoms with van der Waals surface area (Å²) in [6.07, 6.45) is 5.78. The predicted octanol–water partition coefficient (Wildman–Crippen LogP) is 3.92. The fraction of sp³-hybridized carbons (Fsp3) is 0.400. The second kappa shape index (κ2) is 6.54. The molecule has 1 amide bonds. The number of nitrogens with one attached hydrogen (secondary N) is 1. The second-order valence-electron chi connectivity index (χ2n) is 5.27. The maximum absolute atomic E-state index is 12.4. The number of carbonyl (C=O) groups excluding carboxylic acids is 1. The van der Waals surface area contributed by atoms with Crippen LogP contribution in [-0.4, -0.2) is 21.5 Å². The van der Waals surface area contributed by atoms with Crippen molar-refractivity contribution in [2.75, 3.05) is 0 Å². The third-order valence-corrected chi connectivity index (χ3v) is 4.73. The first-order valence-electron chi connectivity index (χ1n) is 7.13. The average Bonchev–Trinajstić information content (AvgIpc) is 2.98. The van der Waals surface area contributed by atoms with Crippen molar-refractivity contribution in [3.63, 3.8) is 0 Å². The van der Waals surface area contributed by atoms with Gasteiger partial charge in [0.1, 0.15) is 10.6 Å². The quantitative estimate of drug-likeness (QED) is 0.932. The Morgan fingerprint density at radius 3 is 2.62 bits per heavy atom. The van der Waals surface area contributed by atoms with Crippen LogP contribution in [0.1, 0.15) is 41.8 Å². The zero-order valence-electron chi connectivity index (χ0n) is 11.5. The third kappa shape index (κ3) is 3.41. The predicted molar refractivity (Wildman–Crippen MR) is 84.7 cm³/mol. The van der Waals surface area contributed by atoms with Crippen LogP contribution in [0.3, 0.4) is 0 Å². The van der Waals surface area contributed by atoms with Crippen LogP contribution >= 0.6 is 23.1 Å². The minimum Gasteiger partial charge on any atom is -0.348 e. The standard InChI is InChI=1S/C15H16ClN3OS/c16-11-8-6-10(7-9-11)13-14(21-19-18-13)15(20)17-12-4-2-1-3-5-12/h6-9,12H,1-5H2,(H,17,20). The molecular formula is C15H16ClN3OS. The Hall–Kier alpha value is -1.46. The SMILES string of the molecule is O=C(NC1CCCCC1)c1snnc1-c1ccc(Cl)cc1. The highest BCUT2D eigenvalue weighted by Gasteiger charge is 2.21. The molecule has 4 nitrogen and oxygen atoms in total. The number of halogens is 1. The number of hydrogen-bond donors (Lipinski definition) is 1. The number of carbonyl (C=O) groups is 1. The highest BCUT2D eigenvalue weighted by atomic mass is 35.5. The van der Waals surface area contributed by atoms with E-state index in [2.05, 4.69) is 14.9 Å². The van der Waals surface area contributed by atoms with Crippen LogP contribution in [0.4, 0.5) is 0 Å². The van der Waals surface area contributed by atoms with Crippen molar-refractivity contribution in [1.29, 1.82) is 0 Å². The molecule has 2 aromatic rings. The fourth-order valence-electron chi connectivity index (χ4n) is 2.63. The molecule has 1 N–H and O–H groups in total. The zero-order chi connectivity index (χ0) is 14.7. The number of nitrogens with zero attached hydrogens (tertiary/aromatic N) is 2. The van der Waals surface area contributed by atoms with Gasteiger partial charge in [-0.25, -0.2) is 0 Å². The molecule has 110 valence electrons. The molecule has 1 aliphatic rings. The number of rotatable bonds is 3. The molecule has 6 heteroatoms. The van der Waals surface area contributed by atoms with Gasteiger partial charge in [0.15, 0.2) is 0 Å².